The Hall–Kier alpha value is -0.680. The van der Waals surface area contributed by atoms with Crippen LogP contribution in [0.4, 0.5) is 10.7 Å². The van der Waals surface area contributed by atoms with Gasteiger partial charge in [-0.25, -0.2) is 0 Å². The molecule has 2 aliphatic carbocycles. The number of nitrogen functional groups attached to an aromatic ring is 1. The van der Waals surface area contributed by atoms with E-state index in [0.717, 1.165) is 34.2 Å². The predicted molar refractivity (Wildman–Crippen MR) is 83.4 cm³/mol. The lowest BCUT2D eigenvalue weighted by Crippen LogP contribution is -2.11. The van der Waals surface area contributed by atoms with Gasteiger partial charge in [0.25, 0.3) is 0 Å². The monoisotopic (exact) mass is 296 g/mol. The largest absolute Gasteiger partial charge is 0.396 e. The van der Waals surface area contributed by atoms with Crippen LogP contribution < -0.4 is 11.1 Å². The highest BCUT2D eigenvalue weighted by atomic mass is 32.2. The third-order valence-corrected chi connectivity index (χ3v) is 6.19. The highest BCUT2D eigenvalue weighted by molar-refractivity contribution is 7.99. The highest BCUT2D eigenvalue weighted by Gasteiger charge is 2.38. The van der Waals surface area contributed by atoms with Gasteiger partial charge in [-0.1, -0.05) is 6.92 Å². The summed E-state index contributed by atoms with van der Waals surface area (Å²) in [6.07, 6.45) is 6.68. The molecule has 3 rings (SSSR count). The Bertz CT molecular complexity index is 516. The maximum absolute atomic E-state index is 12.2. The van der Waals surface area contributed by atoms with E-state index in [9.17, 15) is 4.79 Å². The lowest BCUT2D eigenvalue weighted by Gasteiger charge is -2.10. The number of thiophene rings is 1. The van der Waals surface area contributed by atoms with E-state index in [-0.39, 0.29) is 11.7 Å². The first-order valence-corrected chi connectivity index (χ1v) is 8.82. The van der Waals surface area contributed by atoms with Crippen LogP contribution in [-0.2, 0) is 0 Å². The summed E-state index contributed by atoms with van der Waals surface area (Å²) in [5, 5.41) is 4.59. The molecule has 0 atom stereocenters. The number of hydrogen-bond donors (Lipinski definition) is 2. The fourth-order valence-electron chi connectivity index (χ4n) is 2.15. The Morgan fingerprint density at radius 1 is 1.53 bits per heavy atom. The van der Waals surface area contributed by atoms with Gasteiger partial charge in [-0.05, 0) is 37.4 Å². The zero-order valence-electron chi connectivity index (χ0n) is 11.4. The number of nitrogens with two attached hydrogens (primary N) is 1. The van der Waals surface area contributed by atoms with E-state index in [1.165, 1.54) is 12.8 Å². The van der Waals surface area contributed by atoms with E-state index in [2.05, 4.69) is 12.2 Å². The van der Waals surface area contributed by atoms with E-state index in [4.69, 9.17) is 5.73 Å². The molecule has 2 saturated carbocycles. The summed E-state index contributed by atoms with van der Waals surface area (Å²) in [6.45, 7) is 3.28. The predicted octanol–water partition coefficient (Wildman–Crippen LogP) is 3.86. The van der Waals surface area contributed by atoms with Crippen molar-refractivity contribution >= 4 is 39.6 Å². The lowest BCUT2D eigenvalue weighted by molar-refractivity contribution is 0.0972. The molecule has 0 spiro atoms. The number of anilines is 2. The number of Topliss-reactive ketones (excluding diaryl/α,β-unsaturated/α-hetero) is 1. The number of ketones is 1. The second-order valence-corrected chi connectivity index (χ2v) is 7.85. The summed E-state index contributed by atoms with van der Waals surface area (Å²) in [7, 11) is 0. The molecule has 3 N–H and O–H groups in total. The highest BCUT2D eigenvalue weighted by Crippen LogP contribution is 2.48. The number of carbonyl (C=O) groups is 1. The summed E-state index contributed by atoms with van der Waals surface area (Å²) in [4.78, 5) is 14.0. The second-order valence-electron chi connectivity index (χ2n) is 6.01. The molecule has 0 amide bonds. The minimum Gasteiger partial charge on any atom is -0.396 e. The Morgan fingerprint density at radius 2 is 2.21 bits per heavy atom. The molecule has 0 bridgehead atoms. The van der Waals surface area contributed by atoms with E-state index < -0.39 is 0 Å². The van der Waals surface area contributed by atoms with Crippen LogP contribution in [0.1, 0.15) is 42.3 Å². The summed E-state index contributed by atoms with van der Waals surface area (Å²) in [5.74, 6) is 0.493. The SMILES string of the molecule is CSc1c(NCC2(C)CC2)sc(C(=O)C2CC2)c1N. The van der Waals surface area contributed by atoms with Crippen molar-refractivity contribution < 1.29 is 4.79 Å². The number of rotatable bonds is 6. The van der Waals surface area contributed by atoms with Gasteiger partial charge >= 0.3 is 0 Å². The normalized spacial score (nSPS) is 20.3. The molecule has 0 aliphatic heterocycles. The molecule has 2 fully saturated rings. The fourth-order valence-corrected chi connectivity index (χ4v) is 4.20. The molecule has 0 aromatic carbocycles. The van der Waals surface area contributed by atoms with Gasteiger partial charge in [0.2, 0.25) is 0 Å². The standard InChI is InChI=1S/C14H20N2OS2/c1-14(5-6-14)7-16-13-12(18-2)9(15)11(19-13)10(17)8-3-4-8/h8,16H,3-7,15H2,1-2H3. The summed E-state index contributed by atoms with van der Waals surface area (Å²) >= 11 is 3.18. The molecule has 2 aliphatic rings. The van der Waals surface area contributed by atoms with Crippen LogP contribution in [0.25, 0.3) is 0 Å². The van der Waals surface area contributed by atoms with Gasteiger partial charge in [-0.2, -0.15) is 0 Å². The van der Waals surface area contributed by atoms with Crippen LogP contribution in [0.15, 0.2) is 4.90 Å². The van der Waals surface area contributed by atoms with Crippen LogP contribution >= 0.6 is 23.1 Å². The van der Waals surface area contributed by atoms with Crippen LogP contribution in [0.5, 0.6) is 0 Å². The first kappa shape index (κ1) is 13.3. The third kappa shape index (κ3) is 2.63. The Balaban J connectivity index is 1.81. The van der Waals surface area contributed by atoms with Crippen LogP contribution in [-0.4, -0.2) is 18.6 Å². The van der Waals surface area contributed by atoms with Crippen molar-refractivity contribution in [2.75, 3.05) is 23.9 Å². The van der Waals surface area contributed by atoms with Crippen molar-refractivity contribution in [1.29, 1.82) is 0 Å². The molecule has 0 saturated heterocycles. The van der Waals surface area contributed by atoms with E-state index >= 15 is 0 Å². The number of thioether (sulfide) groups is 1. The van der Waals surface area contributed by atoms with Crippen molar-refractivity contribution in [3.63, 3.8) is 0 Å². The van der Waals surface area contributed by atoms with E-state index in [1.54, 1.807) is 23.1 Å². The summed E-state index contributed by atoms with van der Waals surface area (Å²) < 4.78 is 0. The Morgan fingerprint density at radius 3 is 2.74 bits per heavy atom. The number of hydrogen-bond acceptors (Lipinski definition) is 5. The Labute approximate surface area is 122 Å². The van der Waals surface area contributed by atoms with Gasteiger partial charge in [0.1, 0.15) is 5.00 Å². The maximum atomic E-state index is 12.2. The first-order chi connectivity index (χ1) is 9.04. The lowest BCUT2D eigenvalue weighted by atomic mass is 10.1. The van der Waals surface area contributed by atoms with Crippen molar-refractivity contribution in [2.45, 2.75) is 37.5 Å². The van der Waals surface area contributed by atoms with Gasteiger partial charge in [0.15, 0.2) is 5.78 Å². The van der Waals surface area contributed by atoms with Crippen molar-refractivity contribution in [3.05, 3.63) is 4.88 Å². The van der Waals surface area contributed by atoms with E-state index in [1.807, 2.05) is 6.26 Å². The molecule has 1 aromatic rings. The van der Waals surface area contributed by atoms with Gasteiger partial charge in [0, 0.05) is 12.5 Å². The molecular formula is C14H20N2OS2. The van der Waals surface area contributed by atoms with Gasteiger partial charge in [0.05, 0.1) is 15.5 Å². The first-order valence-electron chi connectivity index (χ1n) is 6.78. The molecule has 1 aromatic heterocycles. The molecule has 1 heterocycles. The zero-order valence-corrected chi connectivity index (χ0v) is 13.0. The molecule has 5 heteroatoms. The quantitative estimate of drug-likeness (QED) is 0.618. The zero-order chi connectivity index (χ0) is 13.6. The average molecular weight is 296 g/mol. The molecule has 3 nitrogen and oxygen atoms in total. The summed E-state index contributed by atoms with van der Waals surface area (Å²) in [6, 6.07) is 0. The van der Waals surface area contributed by atoms with Crippen LogP contribution in [0.2, 0.25) is 0 Å². The number of nitrogens with one attached hydrogen (secondary N) is 1. The van der Waals surface area contributed by atoms with Crippen molar-refractivity contribution in [2.24, 2.45) is 11.3 Å². The fraction of sp³-hybridized carbons (Fsp3) is 0.643. The van der Waals surface area contributed by atoms with Crippen molar-refractivity contribution in [1.82, 2.24) is 0 Å². The van der Waals surface area contributed by atoms with Crippen LogP contribution in [0, 0.1) is 11.3 Å². The topological polar surface area (TPSA) is 55.1 Å². The van der Waals surface area contributed by atoms with Gasteiger partial charge < -0.3 is 11.1 Å². The molecular weight excluding hydrogens is 276 g/mol. The molecule has 19 heavy (non-hydrogen) atoms. The minimum atomic E-state index is 0.240. The van der Waals surface area contributed by atoms with Crippen molar-refractivity contribution in [3.8, 4) is 0 Å². The summed E-state index contributed by atoms with van der Waals surface area (Å²) in [5.41, 5.74) is 7.31. The maximum Gasteiger partial charge on any atom is 0.178 e. The average Bonchev–Trinajstić information content (AvgIpc) is 3.28. The van der Waals surface area contributed by atoms with Gasteiger partial charge in [-0.15, -0.1) is 23.1 Å². The number of carbonyl (C=O) groups excluding carboxylic acids is 1. The Kier molecular flexibility index (Phi) is 3.29. The second kappa shape index (κ2) is 4.70. The molecule has 0 unspecified atom stereocenters. The molecule has 104 valence electrons. The minimum absolute atomic E-state index is 0.240. The van der Waals surface area contributed by atoms with E-state index in [0.29, 0.717) is 11.1 Å². The molecule has 0 radical (unpaired) electrons. The van der Waals surface area contributed by atoms with Gasteiger partial charge in [-0.3, -0.25) is 4.79 Å². The van der Waals surface area contributed by atoms with Crippen LogP contribution in [0.3, 0.4) is 0 Å². The smallest absolute Gasteiger partial charge is 0.178 e. The third-order valence-electron chi connectivity index (χ3n) is 4.05.